The van der Waals surface area contributed by atoms with Crippen LogP contribution < -0.4 is 16.0 Å². The van der Waals surface area contributed by atoms with Gasteiger partial charge in [-0.15, -0.1) is 0 Å². The molecule has 0 aliphatic carbocycles. The van der Waals surface area contributed by atoms with Gasteiger partial charge in [-0.1, -0.05) is 11.6 Å². The number of nitrogens with zero attached hydrogens (tertiary/aromatic N) is 3. The van der Waals surface area contributed by atoms with Gasteiger partial charge in [-0.05, 0) is 12.8 Å². The Morgan fingerprint density at radius 3 is 3.05 bits per heavy atom. The van der Waals surface area contributed by atoms with Gasteiger partial charge in [-0.3, -0.25) is 4.79 Å². The number of carbonyl (C=O) groups is 1. The predicted molar refractivity (Wildman–Crippen MR) is 73.0 cm³/mol. The van der Waals surface area contributed by atoms with Crippen LogP contribution in [0.4, 0.5) is 11.6 Å². The molecule has 19 heavy (non-hydrogen) atoms. The zero-order chi connectivity index (χ0) is 13.5. The number of nitrogen functional groups attached to an aromatic ring is 1. The summed E-state index contributed by atoms with van der Waals surface area (Å²) in [5.74, 6) is 1.11. The van der Waals surface area contributed by atoms with Gasteiger partial charge < -0.3 is 16.0 Å². The van der Waals surface area contributed by atoms with E-state index in [2.05, 4.69) is 20.2 Å². The Hall–Kier alpha value is -1.56. The molecule has 1 spiro atoms. The highest BCUT2D eigenvalue weighted by molar-refractivity contribution is 6.35. The summed E-state index contributed by atoms with van der Waals surface area (Å²) in [7, 11) is 0. The molecule has 0 saturated carbocycles. The van der Waals surface area contributed by atoms with Crippen molar-refractivity contribution in [3.63, 3.8) is 0 Å². The molecule has 0 radical (unpaired) electrons. The van der Waals surface area contributed by atoms with Gasteiger partial charge in [-0.2, -0.15) is 0 Å². The van der Waals surface area contributed by atoms with Crippen LogP contribution in [-0.4, -0.2) is 35.5 Å². The summed E-state index contributed by atoms with van der Waals surface area (Å²) >= 11 is 6.18. The fourth-order valence-electron chi connectivity index (χ4n) is 3.02. The first-order valence-corrected chi connectivity index (χ1v) is 6.75. The third-order valence-corrected chi connectivity index (χ3v) is 4.32. The SMILES string of the molecule is Nc1ncnc(N2CCC[C@]3(CNC(=O)C3)C2)c1Cl. The van der Waals surface area contributed by atoms with Crippen molar-refractivity contribution in [3.8, 4) is 0 Å². The molecule has 1 aromatic heterocycles. The molecular weight excluding hydrogens is 266 g/mol. The first kappa shape index (κ1) is 12.5. The number of hydrogen-bond donors (Lipinski definition) is 2. The quantitative estimate of drug-likeness (QED) is 0.796. The summed E-state index contributed by atoms with van der Waals surface area (Å²) in [5.41, 5.74) is 5.73. The standard InChI is InChI=1S/C12H16ClN5O/c13-9-10(14)16-7-17-11(9)18-3-1-2-12(6-18)4-8(19)15-5-12/h7H,1-6H2,(H,15,19)(H2,14,16,17)/t12-/m0/s1. The van der Waals surface area contributed by atoms with E-state index >= 15 is 0 Å². The Bertz CT molecular complexity index is 523. The van der Waals surface area contributed by atoms with Crippen LogP contribution in [-0.2, 0) is 4.79 Å². The molecule has 2 saturated heterocycles. The van der Waals surface area contributed by atoms with Gasteiger partial charge in [0.25, 0.3) is 0 Å². The fraction of sp³-hybridized carbons (Fsp3) is 0.583. The number of aromatic nitrogens is 2. The Morgan fingerprint density at radius 1 is 1.47 bits per heavy atom. The summed E-state index contributed by atoms with van der Waals surface area (Å²) in [4.78, 5) is 21.7. The summed E-state index contributed by atoms with van der Waals surface area (Å²) in [6.07, 6.45) is 4.09. The van der Waals surface area contributed by atoms with Crippen LogP contribution in [0.3, 0.4) is 0 Å². The van der Waals surface area contributed by atoms with E-state index in [1.807, 2.05) is 0 Å². The van der Waals surface area contributed by atoms with Crippen LogP contribution in [0.1, 0.15) is 19.3 Å². The fourth-order valence-corrected chi connectivity index (χ4v) is 3.24. The van der Waals surface area contributed by atoms with Crippen LogP contribution in [0.15, 0.2) is 6.33 Å². The molecule has 1 aromatic rings. The van der Waals surface area contributed by atoms with Crippen molar-refractivity contribution in [1.29, 1.82) is 0 Å². The molecule has 3 rings (SSSR count). The van der Waals surface area contributed by atoms with E-state index in [4.69, 9.17) is 17.3 Å². The van der Waals surface area contributed by atoms with Crippen molar-refractivity contribution in [1.82, 2.24) is 15.3 Å². The smallest absolute Gasteiger partial charge is 0.220 e. The van der Waals surface area contributed by atoms with E-state index in [1.165, 1.54) is 6.33 Å². The minimum atomic E-state index is 0.0123. The highest BCUT2D eigenvalue weighted by Gasteiger charge is 2.42. The van der Waals surface area contributed by atoms with Crippen molar-refractivity contribution in [3.05, 3.63) is 11.3 Å². The number of halogens is 1. The molecular formula is C12H16ClN5O. The van der Waals surface area contributed by atoms with Gasteiger partial charge >= 0.3 is 0 Å². The predicted octanol–water partition coefficient (Wildman–Crippen LogP) is 0.819. The van der Waals surface area contributed by atoms with Crippen LogP contribution in [0, 0.1) is 5.41 Å². The average Bonchev–Trinajstić information content (AvgIpc) is 2.74. The van der Waals surface area contributed by atoms with Crippen molar-refractivity contribution in [2.45, 2.75) is 19.3 Å². The summed E-state index contributed by atoms with van der Waals surface area (Å²) < 4.78 is 0. The first-order chi connectivity index (χ1) is 9.10. The minimum Gasteiger partial charge on any atom is -0.382 e. The monoisotopic (exact) mass is 281 g/mol. The van der Waals surface area contributed by atoms with E-state index in [9.17, 15) is 4.79 Å². The molecule has 6 nitrogen and oxygen atoms in total. The van der Waals surface area contributed by atoms with Gasteiger partial charge in [0.15, 0.2) is 5.82 Å². The van der Waals surface area contributed by atoms with Crippen molar-refractivity contribution >= 4 is 29.1 Å². The highest BCUT2D eigenvalue weighted by atomic mass is 35.5. The molecule has 1 atom stereocenters. The number of hydrogen-bond acceptors (Lipinski definition) is 5. The van der Waals surface area contributed by atoms with Crippen LogP contribution in [0.5, 0.6) is 0 Å². The van der Waals surface area contributed by atoms with Gasteiger partial charge in [0.05, 0.1) is 0 Å². The first-order valence-electron chi connectivity index (χ1n) is 6.37. The van der Waals surface area contributed by atoms with Crippen LogP contribution in [0.2, 0.25) is 5.02 Å². The molecule has 2 fully saturated rings. The van der Waals surface area contributed by atoms with E-state index in [0.717, 1.165) is 32.5 Å². The number of amides is 1. The van der Waals surface area contributed by atoms with E-state index < -0.39 is 0 Å². The van der Waals surface area contributed by atoms with Crippen molar-refractivity contribution in [2.75, 3.05) is 30.3 Å². The molecule has 102 valence electrons. The van der Waals surface area contributed by atoms with Gasteiger partial charge in [0, 0.05) is 31.5 Å². The molecule has 2 aliphatic heterocycles. The normalized spacial score (nSPS) is 26.8. The third kappa shape index (κ3) is 2.20. The molecule has 0 aromatic carbocycles. The third-order valence-electron chi connectivity index (χ3n) is 3.96. The van der Waals surface area contributed by atoms with E-state index in [-0.39, 0.29) is 11.3 Å². The Balaban J connectivity index is 1.86. The lowest BCUT2D eigenvalue weighted by Crippen LogP contribution is -2.45. The van der Waals surface area contributed by atoms with E-state index in [0.29, 0.717) is 23.1 Å². The zero-order valence-electron chi connectivity index (χ0n) is 10.5. The number of rotatable bonds is 1. The molecule has 7 heteroatoms. The summed E-state index contributed by atoms with van der Waals surface area (Å²) in [6, 6.07) is 0. The Kier molecular flexibility index (Phi) is 2.97. The summed E-state index contributed by atoms with van der Waals surface area (Å²) in [6.45, 7) is 2.40. The Morgan fingerprint density at radius 2 is 2.32 bits per heavy atom. The number of carbonyl (C=O) groups excluding carboxylic acids is 1. The van der Waals surface area contributed by atoms with E-state index in [1.54, 1.807) is 0 Å². The average molecular weight is 282 g/mol. The molecule has 1 amide bonds. The lowest BCUT2D eigenvalue weighted by molar-refractivity contribution is -0.119. The van der Waals surface area contributed by atoms with Gasteiger partial charge in [0.1, 0.15) is 17.2 Å². The maximum absolute atomic E-state index is 11.5. The number of nitrogens with two attached hydrogens (primary N) is 1. The topological polar surface area (TPSA) is 84.1 Å². The molecule has 0 unspecified atom stereocenters. The lowest BCUT2D eigenvalue weighted by Gasteiger charge is -2.40. The molecule has 0 bridgehead atoms. The minimum absolute atomic E-state index is 0.0123. The summed E-state index contributed by atoms with van der Waals surface area (Å²) in [5, 5.41) is 3.32. The highest BCUT2D eigenvalue weighted by Crippen LogP contribution is 2.39. The number of nitrogens with one attached hydrogen (secondary N) is 1. The van der Waals surface area contributed by atoms with Gasteiger partial charge in [0.2, 0.25) is 5.91 Å². The zero-order valence-corrected chi connectivity index (χ0v) is 11.3. The van der Waals surface area contributed by atoms with Crippen molar-refractivity contribution in [2.24, 2.45) is 5.41 Å². The second-order valence-corrected chi connectivity index (χ2v) is 5.75. The van der Waals surface area contributed by atoms with Crippen LogP contribution >= 0.6 is 11.6 Å². The maximum Gasteiger partial charge on any atom is 0.220 e. The van der Waals surface area contributed by atoms with Crippen LogP contribution in [0.25, 0.3) is 0 Å². The number of piperidine rings is 1. The maximum atomic E-state index is 11.5. The van der Waals surface area contributed by atoms with Crippen molar-refractivity contribution < 1.29 is 4.79 Å². The lowest BCUT2D eigenvalue weighted by atomic mass is 9.79. The second-order valence-electron chi connectivity index (χ2n) is 5.38. The largest absolute Gasteiger partial charge is 0.382 e. The molecule has 3 heterocycles. The molecule has 2 aliphatic rings. The molecule has 3 N–H and O–H groups in total. The van der Waals surface area contributed by atoms with Gasteiger partial charge in [-0.25, -0.2) is 9.97 Å². The Labute approximate surface area is 116 Å². The second kappa shape index (κ2) is 4.52. The number of anilines is 2.